The van der Waals surface area contributed by atoms with Gasteiger partial charge in [-0.1, -0.05) is 18.2 Å². The molecule has 20 heavy (non-hydrogen) atoms. The van der Waals surface area contributed by atoms with Crippen molar-refractivity contribution in [3.8, 4) is 0 Å². The molecule has 110 valence electrons. The van der Waals surface area contributed by atoms with E-state index >= 15 is 0 Å². The molecular formula is C17H26N2O. The van der Waals surface area contributed by atoms with E-state index in [0.29, 0.717) is 11.5 Å². The molecule has 4 unspecified atom stereocenters. The number of piperidine rings is 1. The van der Waals surface area contributed by atoms with Gasteiger partial charge in [-0.15, -0.1) is 0 Å². The Hall–Kier alpha value is -0.640. The van der Waals surface area contributed by atoms with E-state index in [4.69, 9.17) is 4.74 Å². The number of nitrogens with zero attached hydrogens (tertiary/aromatic N) is 1. The van der Waals surface area contributed by atoms with Gasteiger partial charge in [-0.25, -0.2) is 0 Å². The van der Waals surface area contributed by atoms with Gasteiger partial charge in [-0.2, -0.15) is 0 Å². The fraction of sp³-hybridized carbons (Fsp3) is 0.765. The molecule has 2 aliphatic carbocycles. The predicted molar refractivity (Wildman–Crippen MR) is 80.6 cm³/mol. The number of nitrogens with one attached hydrogen (secondary N) is 1. The molecular weight excluding hydrogens is 248 g/mol. The highest BCUT2D eigenvalue weighted by Crippen LogP contribution is 2.65. The van der Waals surface area contributed by atoms with Gasteiger partial charge >= 0.3 is 0 Å². The summed E-state index contributed by atoms with van der Waals surface area (Å²) in [4.78, 5) is 2.64. The summed E-state index contributed by atoms with van der Waals surface area (Å²) >= 11 is 0. The maximum absolute atomic E-state index is 5.43. The Morgan fingerprint density at radius 2 is 2.25 bits per heavy atom. The van der Waals surface area contributed by atoms with Crippen LogP contribution < -0.4 is 5.32 Å². The first-order chi connectivity index (χ1) is 9.86. The SMILES string of the molecule is COCC1C2CNCC21C1=CCC(N2CCCC2)C=C1. The molecule has 3 heteroatoms. The minimum atomic E-state index is 0.405. The van der Waals surface area contributed by atoms with Crippen molar-refractivity contribution in [2.75, 3.05) is 39.9 Å². The van der Waals surface area contributed by atoms with Crippen LogP contribution in [-0.2, 0) is 4.74 Å². The quantitative estimate of drug-likeness (QED) is 0.846. The first kappa shape index (κ1) is 13.1. The number of hydrogen-bond acceptors (Lipinski definition) is 3. The second-order valence-electron chi connectivity index (χ2n) is 6.90. The predicted octanol–water partition coefficient (Wildman–Crippen LogP) is 1.82. The van der Waals surface area contributed by atoms with Crippen molar-refractivity contribution >= 4 is 0 Å². The number of methoxy groups -OCH3 is 1. The number of hydrogen-bond donors (Lipinski definition) is 1. The summed E-state index contributed by atoms with van der Waals surface area (Å²) in [5.74, 6) is 1.55. The topological polar surface area (TPSA) is 24.5 Å². The molecule has 0 radical (unpaired) electrons. The van der Waals surface area contributed by atoms with Gasteiger partial charge in [0.05, 0.1) is 6.61 Å². The lowest BCUT2D eigenvalue weighted by Crippen LogP contribution is -2.32. The summed E-state index contributed by atoms with van der Waals surface area (Å²) in [6, 6.07) is 0.657. The van der Waals surface area contributed by atoms with Crippen LogP contribution in [0.2, 0.25) is 0 Å². The molecule has 2 heterocycles. The van der Waals surface area contributed by atoms with E-state index in [1.54, 1.807) is 5.57 Å². The Morgan fingerprint density at radius 3 is 2.95 bits per heavy atom. The molecule has 2 saturated heterocycles. The van der Waals surface area contributed by atoms with E-state index in [2.05, 4.69) is 28.4 Å². The normalized spacial score (nSPS) is 43.6. The molecule has 4 aliphatic rings. The van der Waals surface area contributed by atoms with Crippen molar-refractivity contribution in [3.05, 3.63) is 23.8 Å². The molecule has 4 atom stereocenters. The van der Waals surface area contributed by atoms with Crippen LogP contribution in [-0.4, -0.2) is 50.8 Å². The zero-order valence-corrected chi connectivity index (χ0v) is 12.5. The van der Waals surface area contributed by atoms with Gasteiger partial charge in [0.25, 0.3) is 0 Å². The minimum absolute atomic E-state index is 0.405. The van der Waals surface area contributed by atoms with Gasteiger partial charge in [0.1, 0.15) is 0 Å². The molecule has 0 aromatic carbocycles. The monoisotopic (exact) mass is 274 g/mol. The fourth-order valence-electron chi connectivity index (χ4n) is 4.90. The molecule has 2 aliphatic heterocycles. The van der Waals surface area contributed by atoms with Crippen LogP contribution in [0.1, 0.15) is 19.3 Å². The van der Waals surface area contributed by atoms with Gasteiger partial charge in [0.15, 0.2) is 0 Å². The molecule has 3 fully saturated rings. The largest absolute Gasteiger partial charge is 0.384 e. The maximum atomic E-state index is 5.43. The molecule has 4 rings (SSSR count). The number of likely N-dealkylation sites (tertiary alicyclic amines) is 1. The first-order valence-corrected chi connectivity index (χ1v) is 8.19. The van der Waals surface area contributed by atoms with Crippen molar-refractivity contribution in [1.29, 1.82) is 0 Å². The molecule has 0 amide bonds. The molecule has 0 aromatic rings. The Morgan fingerprint density at radius 1 is 1.40 bits per heavy atom. The number of fused-ring (bicyclic) bond motifs is 1. The Kier molecular flexibility index (Phi) is 3.24. The van der Waals surface area contributed by atoms with Crippen LogP contribution in [0.15, 0.2) is 23.8 Å². The molecule has 1 N–H and O–H groups in total. The third kappa shape index (κ3) is 1.83. The van der Waals surface area contributed by atoms with Crippen molar-refractivity contribution in [2.24, 2.45) is 17.3 Å². The van der Waals surface area contributed by atoms with Crippen molar-refractivity contribution < 1.29 is 4.74 Å². The lowest BCUT2D eigenvalue weighted by molar-refractivity contribution is 0.169. The lowest BCUT2D eigenvalue weighted by Gasteiger charge is -2.28. The van der Waals surface area contributed by atoms with Crippen LogP contribution in [0.25, 0.3) is 0 Å². The molecule has 0 spiro atoms. The summed E-state index contributed by atoms with van der Waals surface area (Å²) in [5.41, 5.74) is 1.99. The summed E-state index contributed by atoms with van der Waals surface area (Å²) in [7, 11) is 1.84. The van der Waals surface area contributed by atoms with Gasteiger partial charge in [0, 0.05) is 25.1 Å². The summed E-state index contributed by atoms with van der Waals surface area (Å²) in [6.07, 6.45) is 11.4. The van der Waals surface area contributed by atoms with Crippen LogP contribution >= 0.6 is 0 Å². The van der Waals surface area contributed by atoms with Crippen LogP contribution in [0.4, 0.5) is 0 Å². The van der Waals surface area contributed by atoms with Gasteiger partial charge < -0.3 is 10.1 Å². The van der Waals surface area contributed by atoms with Gasteiger partial charge in [-0.3, -0.25) is 4.90 Å². The molecule has 3 nitrogen and oxygen atoms in total. The van der Waals surface area contributed by atoms with E-state index in [1.165, 1.54) is 38.9 Å². The van der Waals surface area contributed by atoms with E-state index < -0.39 is 0 Å². The summed E-state index contributed by atoms with van der Waals surface area (Å²) in [5, 5.41) is 3.57. The lowest BCUT2D eigenvalue weighted by atomic mass is 9.87. The number of allylic oxidation sites excluding steroid dienone is 1. The van der Waals surface area contributed by atoms with Crippen molar-refractivity contribution in [2.45, 2.75) is 25.3 Å². The van der Waals surface area contributed by atoms with E-state index in [0.717, 1.165) is 25.0 Å². The molecule has 1 saturated carbocycles. The fourth-order valence-corrected chi connectivity index (χ4v) is 4.90. The maximum Gasteiger partial charge on any atom is 0.0503 e. The van der Waals surface area contributed by atoms with Crippen molar-refractivity contribution in [3.63, 3.8) is 0 Å². The number of ether oxygens (including phenoxy) is 1. The van der Waals surface area contributed by atoms with Crippen LogP contribution in [0.3, 0.4) is 0 Å². The minimum Gasteiger partial charge on any atom is -0.384 e. The average Bonchev–Trinajstić information content (AvgIpc) is 2.95. The second-order valence-corrected chi connectivity index (χ2v) is 6.90. The van der Waals surface area contributed by atoms with Gasteiger partial charge in [-0.05, 0) is 56.3 Å². The Labute approximate surface area is 122 Å². The van der Waals surface area contributed by atoms with Crippen LogP contribution in [0, 0.1) is 17.3 Å². The highest BCUT2D eigenvalue weighted by atomic mass is 16.5. The zero-order chi connectivity index (χ0) is 13.6. The van der Waals surface area contributed by atoms with Crippen molar-refractivity contribution in [1.82, 2.24) is 10.2 Å². The molecule has 0 aromatic heterocycles. The third-order valence-electron chi connectivity index (χ3n) is 6.05. The summed E-state index contributed by atoms with van der Waals surface area (Å²) < 4.78 is 5.43. The Balaban J connectivity index is 1.47. The third-order valence-corrected chi connectivity index (χ3v) is 6.05. The van der Waals surface area contributed by atoms with Gasteiger partial charge in [0.2, 0.25) is 0 Å². The van der Waals surface area contributed by atoms with Crippen LogP contribution in [0.5, 0.6) is 0 Å². The first-order valence-electron chi connectivity index (χ1n) is 8.19. The Bertz CT molecular complexity index is 438. The summed E-state index contributed by atoms with van der Waals surface area (Å²) in [6.45, 7) is 5.83. The average molecular weight is 274 g/mol. The smallest absolute Gasteiger partial charge is 0.0503 e. The second kappa shape index (κ2) is 4.97. The standard InChI is InChI=1S/C17H26N2O/c1-20-11-16-15-10-18-12-17(15,16)13-4-6-14(7-5-13)19-8-2-3-9-19/h4-6,14-16,18H,2-3,7-12H2,1H3. The van der Waals surface area contributed by atoms with E-state index in [9.17, 15) is 0 Å². The molecule has 0 bridgehead atoms. The number of rotatable bonds is 4. The highest BCUT2D eigenvalue weighted by Gasteiger charge is 2.67. The highest BCUT2D eigenvalue weighted by molar-refractivity contribution is 5.42. The van der Waals surface area contributed by atoms with E-state index in [-0.39, 0.29) is 0 Å². The zero-order valence-electron chi connectivity index (χ0n) is 12.5. The van der Waals surface area contributed by atoms with E-state index in [1.807, 2.05) is 7.11 Å².